The van der Waals surface area contributed by atoms with Gasteiger partial charge in [0.05, 0.1) is 11.7 Å². The summed E-state index contributed by atoms with van der Waals surface area (Å²) in [6.07, 6.45) is 6.37. The van der Waals surface area contributed by atoms with Gasteiger partial charge >= 0.3 is 5.97 Å². The number of carboxylic acids is 1. The number of amides is 1. The molecule has 1 saturated carbocycles. The Morgan fingerprint density at radius 1 is 1.26 bits per heavy atom. The lowest BCUT2D eigenvalue weighted by molar-refractivity contribution is -0.133. The summed E-state index contributed by atoms with van der Waals surface area (Å²) in [6, 6.07) is 1.45. The quantitative estimate of drug-likeness (QED) is 0.893. The van der Waals surface area contributed by atoms with E-state index in [9.17, 15) is 9.59 Å². The fourth-order valence-corrected chi connectivity index (χ4v) is 3.91. The van der Waals surface area contributed by atoms with E-state index in [1.807, 2.05) is 13.8 Å². The van der Waals surface area contributed by atoms with Crippen LogP contribution in [0.15, 0.2) is 6.07 Å². The van der Waals surface area contributed by atoms with Gasteiger partial charge in [0.1, 0.15) is 0 Å². The average molecular weight is 319 g/mol. The first kappa shape index (κ1) is 16.0. The summed E-state index contributed by atoms with van der Waals surface area (Å²) in [7, 11) is 0. The molecule has 6 heteroatoms. The van der Waals surface area contributed by atoms with E-state index in [1.54, 1.807) is 10.7 Å². The van der Waals surface area contributed by atoms with Crippen LogP contribution in [0.4, 0.5) is 0 Å². The molecule has 3 rings (SSSR count). The molecule has 1 aromatic heterocycles. The van der Waals surface area contributed by atoms with Crippen molar-refractivity contribution in [1.29, 1.82) is 0 Å². The van der Waals surface area contributed by atoms with E-state index < -0.39 is 5.97 Å². The normalized spacial score (nSPS) is 21.9. The van der Waals surface area contributed by atoms with E-state index in [4.69, 9.17) is 5.11 Å². The first-order chi connectivity index (χ1) is 10.9. The molecule has 2 heterocycles. The maximum absolute atomic E-state index is 12.8. The number of carbonyl (C=O) groups is 2. The number of fused-ring (bicyclic) bond motifs is 1. The Balaban J connectivity index is 1.76. The van der Waals surface area contributed by atoms with Crippen LogP contribution in [0.2, 0.25) is 0 Å². The molecule has 0 bridgehead atoms. The van der Waals surface area contributed by atoms with E-state index in [-0.39, 0.29) is 23.1 Å². The van der Waals surface area contributed by atoms with Gasteiger partial charge in [0.25, 0.3) is 0 Å². The molecule has 1 amide bonds. The van der Waals surface area contributed by atoms with E-state index in [0.717, 1.165) is 31.4 Å². The highest BCUT2D eigenvalue weighted by atomic mass is 16.4. The summed E-state index contributed by atoms with van der Waals surface area (Å²) >= 11 is 0. The van der Waals surface area contributed by atoms with Crippen LogP contribution in [0, 0.1) is 11.3 Å². The van der Waals surface area contributed by atoms with Crippen LogP contribution in [0.1, 0.15) is 74.6 Å². The minimum atomic E-state index is -1.02. The molecule has 2 aliphatic rings. The van der Waals surface area contributed by atoms with Gasteiger partial charge in [-0.25, -0.2) is 4.79 Å². The lowest BCUT2D eigenvalue weighted by Gasteiger charge is -2.33. The Morgan fingerprint density at radius 2 is 1.96 bits per heavy atom. The molecule has 1 aromatic rings. The SMILES string of the molecule is CC(C)(C(=O)NC1CCCn2nc(C(=O)O)cc21)C1CCCC1. The molecular formula is C17H25N3O3. The standard InChI is InChI=1S/C17H25N3O3/c1-17(2,11-6-3-4-7-11)16(23)18-12-8-5-9-20-14(12)10-13(19-20)15(21)22/h10-12H,3-9H2,1-2H3,(H,18,23)(H,21,22). The molecule has 0 aromatic carbocycles. The predicted octanol–water partition coefficient (Wildman–Crippen LogP) is 2.75. The largest absolute Gasteiger partial charge is 0.476 e. The van der Waals surface area contributed by atoms with Crippen molar-refractivity contribution in [3.8, 4) is 0 Å². The molecule has 126 valence electrons. The number of hydrogen-bond donors (Lipinski definition) is 2. The second kappa shape index (κ2) is 5.98. The molecule has 1 fully saturated rings. The van der Waals surface area contributed by atoms with Crippen LogP contribution in [-0.4, -0.2) is 26.8 Å². The van der Waals surface area contributed by atoms with Gasteiger partial charge in [-0.3, -0.25) is 9.48 Å². The zero-order valence-corrected chi connectivity index (χ0v) is 13.8. The number of hydrogen-bond acceptors (Lipinski definition) is 3. The van der Waals surface area contributed by atoms with Crippen molar-refractivity contribution in [2.45, 2.75) is 65.0 Å². The highest BCUT2D eigenvalue weighted by Crippen LogP contribution is 2.40. The van der Waals surface area contributed by atoms with Crippen molar-refractivity contribution in [3.05, 3.63) is 17.5 Å². The Hall–Kier alpha value is -1.85. The zero-order valence-electron chi connectivity index (χ0n) is 13.8. The molecule has 1 atom stereocenters. The number of aryl methyl sites for hydroxylation is 1. The smallest absolute Gasteiger partial charge is 0.356 e. The van der Waals surface area contributed by atoms with Gasteiger partial charge in [0, 0.05) is 12.0 Å². The third-order valence-corrected chi connectivity index (χ3v) is 5.52. The number of carboxylic acid groups (broad SMARTS) is 1. The second-order valence-electron chi connectivity index (χ2n) is 7.35. The fraction of sp³-hybridized carbons (Fsp3) is 0.706. The molecule has 0 spiro atoms. The summed E-state index contributed by atoms with van der Waals surface area (Å²) < 4.78 is 1.72. The van der Waals surface area contributed by atoms with E-state index >= 15 is 0 Å². The lowest BCUT2D eigenvalue weighted by Crippen LogP contribution is -2.44. The van der Waals surface area contributed by atoms with E-state index in [2.05, 4.69) is 10.4 Å². The van der Waals surface area contributed by atoms with Crippen LogP contribution in [0.3, 0.4) is 0 Å². The van der Waals surface area contributed by atoms with Gasteiger partial charge in [0.15, 0.2) is 5.69 Å². The van der Waals surface area contributed by atoms with Crippen molar-refractivity contribution in [2.75, 3.05) is 0 Å². The predicted molar refractivity (Wildman–Crippen MR) is 85.0 cm³/mol. The van der Waals surface area contributed by atoms with Crippen LogP contribution < -0.4 is 5.32 Å². The fourth-order valence-electron chi connectivity index (χ4n) is 3.91. The summed E-state index contributed by atoms with van der Waals surface area (Å²) in [5, 5.41) is 16.4. The molecule has 1 aliphatic heterocycles. The molecular weight excluding hydrogens is 294 g/mol. The van der Waals surface area contributed by atoms with E-state index in [1.165, 1.54) is 12.8 Å². The number of nitrogens with one attached hydrogen (secondary N) is 1. The van der Waals surface area contributed by atoms with Crippen molar-refractivity contribution in [3.63, 3.8) is 0 Å². The van der Waals surface area contributed by atoms with Gasteiger partial charge in [-0.15, -0.1) is 0 Å². The number of carbonyl (C=O) groups excluding carboxylic acids is 1. The van der Waals surface area contributed by atoms with Crippen molar-refractivity contribution < 1.29 is 14.7 Å². The minimum Gasteiger partial charge on any atom is -0.476 e. The molecule has 1 unspecified atom stereocenters. The molecule has 6 nitrogen and oxygen atoms in total. The first-order valence-electron chi connectivity index (χ1n) is 8.51. The van der Waals surface area contributed by atoms with Crippen LogP contribution in [-0.2, 0) is 11.3 Å². The number of nitrogens with zero attached hydrogens (tertiary/aromatic N) is 2. The first-order valence-corrected chi connectivity index (χ1v) is 8.51. The summed E-state index contributed by atoms with van der Waals surface area (Å²) in [6.45, 7) is 4.77. The van der Waals surface area contributed by atoms with Gasteiger partial charge in [-0.05, 0) is 37.7 Å². The van der Waals surface area contributed by atoms with Gasteiger partial charge in [-0.1, -0.05) is 26.7 Å². The monoisotopic (exact) mass is 319 g/mol. The molecule has 1 aliphatic carbocycles. The Kier molecular flexibility index (Phi) is 4.17. The topological polar surface area (TPSA) is 84.2 Å². The minimum absolute atomic E-state index is 0.0520. The third kappa shape index (κ3) is 2.99. The van der Waals surface area contributed by atoms with Crippen LogP contribution >= 0.6 is 0 Å². The van der Waals surface area contributed by atoms with Crippen LogP contribution in [0.25, 0.3) is 0 Å². The average Bonchev–Trinajstić information content (AvgIpc) is 3.17. The highest BCUT2D eigenvalue weighted by Gasteiger charge is 2.39. The number of rotatable bonds is 4. The Labute approximate surface area is 136 Å². The van der Waals surface area contributed by atoms with E-state index in [0.29, 0.717) is 12.5 Å². The third-order valence-electron chi connectivity index (χ3n) is 5.52. The molecule has 0 saturated heterocycles. The van der Waals surface area contributed by atoms with Gasteiger partial charge in [0.2, 0.25) is 5.91 Å². The maximum Gasteiger partial charge on any atom is 0.356 e. The number of aromatic carboxylic acids is 1. The van der Waals surface area contributed by atoms with Crippen molar-refractivity contribution in [1.82, 2.24) is 15.1 Å². The molecule has 0 radical (unpaired) electrons. The molecule has 23 heavy (non-hydrogen) atoms. The lowest BCUT2D eigenvalue weighted by atomic mass is 9.76. The van der Waals surface area contributed by atoms with Gasteiger partial charge < -0.3 is 10.4 Å². The highest BCUT2D eigenvalue weighted by molar-refractivity contribution is 5.85. The summed E-state index contributed by atoms with van der Waals surface area (Å²) in [5.74, 6) is -0.519. The Bertz CT molecular complexity index is 615. The van der Waals surface area contributed by atoms with Gasteiger partial charge in [-0.2, -0.15) is 5.10 Å². The summed E-state index contributed by atoms with van der Waals surface area (Å²) in [4.78, 5) is 23.9. The Morgan fingerprint density at radius 3 is 2.61 bits per heavy atom. The second-order valence-corrected chi connectivity index (χ2v) is 7.35. The molecule has 2 N–H and O–H groups in total. The maximum atomic E-state index is 12.8. The number of aromatic nitrogens is 2. The van der Waals surface area contributed by atoms with Crippen molar-refractivity contribution >= 4 is 11.9 Å². The van der Waals surface area contributed by atoms with Crippen LogP contribution in [0.5, 0.6) is 0 Å². The zero-order chi connectivity index (χ0) is 16.6. The summed E-state index contributed by atoms with van der Waals surface area (Å²) in [5.41, 5.74) is 0.481. The van der Waals surface area contributed by atoms with Crippen molar-refractivity contribution in [2.24, 2.45) is 11.3 Å².